The van der Waals surface area contributed by atoms with E-state index < -0.39 is 0 Å². The van der Waals surface area contributed by atoms with Gasteiger partial charge in [-0.15, -0.1) is 0 Å². The molecule has 1 fully saturated rings. The zero-order valence-electron chi connectivity index (χ0n) is 10.1. The molecular weight excluding hydrogens is 218 g/mol. The summed E-state index contributed by atoms with van der Waals surface area (Å²) in [5.41, 5.74) is 1.68. The maximum atomic E-state index is 10.8. The van der Waals surface area contributed by atoms with Gasteiger partial charge in [-0.1, -0.05) is 6.92 Å². The molecule has 17 heavy (non-hydrogen) atoms. The third-order valence-electron chi connectivity index (χ3n) is 3.26. The minimum Gasteiger partial charge on any atom is -0.388 e. The summed E-state index contributed by atoms with van der Waals surface area (Å²) in [5.74, 6) is 1.50. The molecule has 0 bridgehead atoms. The fourth-order valence-electron chi connectivity index (χ4n) is 1.90. The van der Waals surface area contributed by atoms with Crippen molar-refractivity contribution < 1.29 is 4.92 Å². The molecule has 5 heteroatoms. The lowest BCUT2D eigenvalue weighted by Crippen LogP contribution is -2.05. The topological polar surface area (TPSA) is 67.2 Å². The summed E-state index contributed by atoms with van der Waals surface area (Å²) >= 11 is 0. The lowest BCUT2D eigenvalue weighted by Gasteiger charge is -2.08. The van der Waals surface area contributed by atoms with Crippen LogP contribution in [0.4, 0.5) is 17.1 Å². The maximum Gasteiger partial charge on any atom is 0.273 e. The van der Waals surface area contributed by atoms with Gasteiger partial charge in [-0.25, -0.2) is 0 Å². The number of hydrogen-bond acceptors (Lipinski definition) is 4. The highest BCUT2D eigenvalue weighted by Crippen LogP contribution is 2.37. The zero-order chi connectivity index (χ0) is 12.4. The van der Waals surface area contributed by atoms with Crippen LogP contribution in [0.1, 0.15) is 13.3 Å². The van der Waals surface area contributed by atoms with E-state index in [1.807, 2.05) is 6.07 Å². The first-order valence-electron chi connectivity index (χ1n) is 5.81. The zero-order valence-corrected chi connectivity index (χ0v) is 10.1. The fourth-order valence-corrected chi connectivity index (χ4v) is 1.90. The van der Waals surface area contributed by atoms with Crippen molar-refractivity contribution in [3.8, 4) is 0 Å². The molecule has 0 saturated heterocycles. The molecule has 1 aromatic carbocycles. The van der Waals surface area contributed by atoms with Gasteiger partial charge in [0, 0.05) is 37.1 Å². The minimum absolute atomic E-state index is 0.114. The number of rotatable bonds is 5. The lowest BCUT2D eigenvalue weighted by atomic mass is 10.2. The molecule has 0 spiro atoms. The Morgan fingerprint density at radius 1 is 1.41 bits per heavy atom. The van der Waals surface area contributed by atoms with Gasteiger partial charge < -0.3 is 10.6 Å². The average molecular weight is 235 g/mol. The van der Waals surface area contributed by atoms with Crippen LogP contribution in [-0.2, 0) is 0 Å². The number of anilines is 2. The summed E-state index contributed by atoms with van der Waals surface area (Å²) in [4.78, 5) is 10.4. The molecule has 0 heterocycles. The van der Waals surface area contributed by atoms with Gasteiger partial charge in [-0.2, -0.15) is 0 Å². The van der Waals surface area contributed by atoms with E-state index in [1.165, 1.54) is 12.5 Å². The molecule has 2 N–H and O–H groups in total. The molecule has 1 aliphatic rings. The van der Waals surface area contributed by atoms with Crippen molar-refractivity contribution in [1.29, 1.82) is 0 Å². The Morgan fingerprint density at radius 2 is 2.06 bits per heavy atom. The van der Waals surface area contributed by atoms with E-state index in [-0.39, 0.29) is 10.6 Å². The predicted octanol–water partition coefficient (Wildman–Crippen LogP) is 2.70. The normalized spacial score (nSPS) is 22.0. The number of nitro groups is 1. The SMILES string of the molecule is CNc1cc(NCC2CC2C)cc([N+](=O)[O-])c1. The molecule has 1 aliphatic carbocycles. The van der Waals surface area contributed by atoms with E-state index in [9.17, 15) is 10.1 Å². The van der Waals surface area contributed by atoms with Crippen molar-refractivity contribution in [3.63, 3.8) is 0 Å². The van der Waals surface area contributed by atoms with Crippen molar-refractivity contribution in [2.45, 2.75) is 13.3 Å². The molecule has 5 nitrogen and oxygen atoms in total. The number of hydrogen-bond donors (Lipinski definition) is 2. The molecule has 0 aromatic heterocycles. The van der Waals surface area contributed by atoms with Crippen LogP contribution in [0, 0.1) is 22.0 Å². The molecule has 1 aromatic rings. The highest BCUT2D eigenvalue weighted by atomic mass is 16.6. The predicted molar refractivity (Wildman–Crippen MR) is 68.4 cm³/mol. The molecule has 1 saturated carbocycles. The number of nitrogens with zero attached hydrogens (tertiary/aromatic N) is 1. The smallest absolute Gasteiger partial charge is 0.273 e. The quantitative estimate of drug-likeness (QED) is 0.608. The maximum absolute atomic E-state index is 10.8. The third-order valence-corrected chi connectivity index (χ3v) is 3.26. The summed E-state index contributed by atoms with van der Waals surface area (Å²) < 4.78 is 0. The van der Waals surface area contributed by atoms with Gasteiger partial charge in [-0.3, -0.25) is 10.1 Å². The van der Waals surface area contributed by atoms with Crippen LogP contribution in [0.25, 0.3) is 0 Å². The van der Waals surface area contributed by atoms with E-state index in [2.05, 4.69) is 17.6 Å². The first-order valence-corrected chi connectivity index (χ1v) is 5.81. The molecule has 2 atom stereocenters. The van der Waals surface area contributed by atoms with Gasteiger partial charge in [0.1, 0.15) is 0 Å². The van der Waals surface area contributed by atoms with Gasteiger partial charge in [-0.05, 0) is 24.3 Å². The fraction of sp³-hybridized carbons (Fsp3) is 0.500. The second kappa shape index (κ2) is 4.61. The van der Waals surface area contributed by atoms with Crippen LogP contribution >= 0.6 is 0 Å². The van der Waals surface area contributed by atoms with Gasteiger partial charge in [0.15, 0.2) is 0 Å². The van der Waals surface area contributed by atoms with Crippen LogP contribution < -0.4 is 10.6 Å². The summed E-state index contributed by atoms with van der Waals surface area (Å²) in [7, 11) is 1.76. The molecule has 0 radical (unpaired) electrons. The molecule has 92 valence electrons. The van der Waals surface area contributed by atoms with Gasteiger partial charge in [0.25, 0.3) is 5.69 Å². The monoisotopic (exact) mass is 235 g/mol. The van der Waals surface area contributed by atoms with Gasteiger partial charge in [0.2, 0.25) is 0 Å². The Hall–Kier alpha value is -1.78. The van der Waals surface area contributed by atoms with Gasteiger partial charge >= 0.3 is 0 Å². The minimum atomic E-state index is -0.369. The van der Waals surface area contributed by atoms with Crippen LogP contribution in [0.3, 0.4) is 0 Å². The molecule has 0 amide bonds. The Labute approximate surface area is 100 Å². The average Bonchev–Trinajstić information content (AvgIpc) is 3.02. The van der Waals surface area contributed by atoms with Crippen LogP contribution in [0.5, 0.6) is 0 Å². The number of non-ortho nitro benzene ring substituents is 1. The largest absolute Gasteiger partial charge is 0.388 e. The van der Waals surface area contributed by atoms with Crippen molar-refractivity contribution in [1.82, 2.24) is 0 Å². The van der Waals surface area contributed by atoms with E-state index in [1.54, 1.807) is 13.1 Å². The Bertz CT molecular complexity index is 434. The first kappa shape index (κ1) is 11.7. The second-order valence-corrected chi connectivity index (χ2v) is 4.63. The second-order valence-electron chi connectivity index (χ2n) is 4.63. The standard InChI is InChI=1S/C12H17N3O2/c1-8-3-9(8)7-14-11-4-10(13-2)5-12(6-11)15(16)17/h4-6,8-9,13-14H,3,7H2,1-2H3. The molecule has 0 aliphatic heterocycles. The lowest BCUT2D eigenvalue weighted by molar-refractivity contribution is -0.384. The van der Waals surface area contributed by atoms with Crippen molar-refractivity contribution in [2.75, 3.05) is 24.2 Å². The number of nitro benzene ring substituents is 1. The number of nitrogens with one attached hydrogen (secondary N) is 2. The van der Waals surface area contributed by atoms with E-state index in [0.29, 0.717) is 5.92 Å². The van der Waals surface area contributed by atoms with Crippen molar-refractivity contribution >= 4 is 17.1 Å². The van der Waals surface area contributed by atoms with Crippen molar-refractivity contribution in [3.05, 3.63) is 28.3 Å². The van der Waals surface area contributed by atoms with Crippen LogP contribution in [0.2, 0.25) is 0 Å². The summed E-state index contributed by atoms with van der Waals surface area (Å²) in [6.07, 6.45) is 1.25. The van der Waals surface area contributed by atoms with E-state index in [4.69, 9.17) is 0 Å². The highest BCUT2D eigenvalue weighted by molar-refractivity contribution is 5.63. The van der Waals surface area contributed by atoms with Crippen LogP contribution in [-0.4, -0.2) is 18.5 Å². The van der Waals surface area contributed by atoms with E-state index >= 15 is 0 Å². The Kier molecular flexibility index (Phi) is 3.17. The summed E-state index contributed by atoms with van der Waals surface area (Å²) in [5, 5.41) is 17.0. The van der Waals surface area contributed by atoms with Gasteiger partial charge in [0.05, 0.1) is 4.92 Å². The molecule has 2 unspecified atom stereocenters. The summed E-state index contributed by atoms with van der Waals surface area (Å²) in [6.45, 7) is 3.12. The number of benzene rings is 1. The third kappa shape index (κ3) is 2.87. The molecule has 2 rings (SSSR count). The highest BCUT2D eigenvalue weighted by Gasteiger charge is 2.31. The van der Waals surface area contributed by atoms with Crippen molar-refractivity contribution in [2.24, 2.45) is 11.8 Å². The summed E-state index contributed by atoms with van der Waals surface area (Å²) in [6, 6.07) is 5.00. The molecular formula is C12H17N3O2. The first-order chi connectivity index (χ1) is 8.10. The Morgan fingerprint density at radius 3 is 2.59 bits per heavy atom. The Balaban J connectivity index is 2.09. The van der Waals surface area contributed by atoms with E-state index in [0.717, 1.165) is 23.8 Å². The van der Waals surface area contributed by atoms with Crippen LogP contribution in [0.15, 0.2) is 18.2 Å².